The van der Waals surface area contributed by atoms with Gasteiger partial charge < -0.3 is 11.1 Å². The zero-order chi connectivity index (χ0) is 9.42. The molecule has 1 aliphatic carbocycles. The standard InChI is InChI=1S/C10H13ClN2/c1-6-4-10(6)13-9-3-2-7(11)5-8(9)12/h2-3,5-6,10,13H,4,12H2,1H3. The van der Waals surface area contributed by atoms with Crippen LogP contribution in [-0.4, -0.2) is 6.04 Å². The first-order chi connectivity index (χ1) is 6.16. The third kappa shape index (κ3) is 1.89. The maximum Gasteiger partial charge on any atom is 0.0577 e. The third-order valence-corrected chi connectivity index (χ3v) is 2.70. The normalized spacial score (nSPS) is 25.7. The van der Waals surface area contributed by atoms with Crippen molar-refractivity contribution in [3.8, 4) is 0 Å². The predicted molar refractivity (Wildman–Crippen MR) is 57.1 cm³/mol. The Kier molecular flexibility index (Phi) is 2.08. The van der Waals surface area contributed by atoms with Crippen LogP contribution >= 0.6 is 11.6 Å². The van der Waals surface area contributed by atoms with E-state index < -0.39 is 0 Å². The maximum atomic E-state index is 5.80. The molecule has 0 aromatic heterocycles. The van der Waals surface area contributed by atoms with Gasteiger partial charge in [0.2, 0.25) is 0 Å². The lowest BCUT2D eigenvalue weighted by Gasteiger charge is -2.08. The number of hydrogen-bond acceptors (Lipinski definition) is 2. The molecule has 2 nitrogen and oxygen atoms in total. The summed E-state index contributed by atoms with van der Waals surface area (Å²) in [5.74, 6) is 0.773. The summed E-state index contributed by atoms with van der Waals surface area (Å²) in [6.07, 6.45) is 1.24. The van der Waals surface area contributed by atoms with Crippen molar-refractivity contribution in [2.45, 2.75) is 19.4 Å². The van der Waals surface area contributed by atoms with E-state index >= 15 is 0 Å². The Hall–Kier alpha value is -0.890. The van der Waals surface area contributed by atoms with Gasteiger partial charge in [-0.3, -0.25) is 0 Å². The molecule has 3 heteroatoms. The highest BCUT2D eigenvalue weighted by Crippen LogP contribution is 2.34. The molecule has 13 heavy (non-hydrogen) atoms. The van der Waals surface area contributed by atoms with Gasteiger partial charge in [0.25, 0.3) is 0 Å². The van der Waals surface area contributed by atoms with Gasteiger partial charge in [0.15, 0.2) is 0 Å². The Morgan fingerprint density at radius 2 is 2.23 bits per heavy atom. The fourth-order valence-corrected chi connectivity index (χ4v) is 1.57. The molecule has 1 aliphatic rings. The van der Waals surface area contributed by atoms with Gasteiger partial charge in [0, 0.05) is 11.1 Å². The Morgan fingerprint density at radius 3 is 2.77 bits per heavy atom. The smallest absolute Gasteiger partial charge is 0.0577 e. The number of hydrogen-bond donors (Lipinski definition) is 2. The van der Waals surface area contributed by atoms with Gasteiger partial charge in [0.05, 0.1) is 11.4 Å². The first-order valence-corrected chi connectivity index (χ1v) is 4.86. The van der Waals surface area contributed by atoms with Crippen molar-refractivity contribution in [3.63, 3.8) is 0 Å². The molecule has 1 saturated carbocycles. The molecule has 0 amide bonds. The van der Waals surface area contributed by atoms with Gasteiger partial charge in [-0.05, 0) is 30.5 Å². The average molecular weight is 197 g/mol. The Balaban J connectivity index is 2.11. The first-order valence-electron chi connectivity index (χ1n) is 4.48. The molecule has 70 valence electrons. The fourth-order valence-electron chi connectivity index (χ4n) is 1.39. The molecule has 2 rings (SSSR count). The molecule has 0 bridgehead atoms. The molecule has 0 spiro atoms. The van der Waals surface area contributed by atoms with Crippen LogP contribution in [0.25, 0.3) is 0 Å². The van der Waals surface area contributed by atoms with Gasteiger partial charge in [-0.1, -0.05) is 18.5 Å². The van der Waals surface area contributed by atoms with Crippen molar-refractivity contribution < 1.29 is 0 Å². The highest BCUT2D eigenvalue weighted by Gasteiger charge is 2.32. The number of nitrogen functional groups attached to an aromatic ring is 1. The highest BCUT2D eigenvalue weighted by atomic mass is 35.5. The second kappa shape index (κ2) is 3.11. The van der Waals surface area contributed by atoms with Crippen molar-refractivity contribution >= 4 is 23.0 Å². The summed E-state index contributed by atoms with van der Waals surface area (Å²) in [6, 6.07) is 6.16. The zero-order valence-corrected chi connectivity index (χ0v) is 8.31. The molecule has 0 saturated heterocycles. The van der Waals surface area contributed by atoms with Gasteiger partial charge >= 0.3 is 0 Å². The summed E-state index contributed by atoms with van der Waals surface area (Å²) >= 11 is 5.79. The number of benzene rings is 1. The second-order valence-corrected chi connectivity index (χ2v) is 4.13. The minimum Gasteiger partial charge on any atom is -0.397 e. The highest BCUT2D eigenvalue weighted by molar-refractivity contribution is 6.31. The Labute approximate surface area is 83.1 Å². The summed E-state index contributed by atoms with van der Waals surface area (Å²) in [7, 11) is 0. The summed E-state index contributed by atoms with van der Waals surface area (Å²) in [6.45, 7) is 2.23. The van der Waals surface area contributed by atoms with Crippen LogP contribution in [0.2, 0.25) is 5.02 Å². The molecule has 3 N–H and O–H groups in total. The topological polar surface area (TPSA) is 38.0 Å². The van der Waals surface area contributed by atoms with E-state index in [-0.39, 0.29) is 0 Å². The summed E-state index contributed by atoms with van der Waals surface area (Å²) in [5, 5.41) is 4.06. The second-order valence-electron chi connectivity index (χ2n) is 3.70. The van der Waals surface area contributed by atoms with E-state index in [9.17, 15) is 0 Å². The third-order valence-electron chi connectivity index (χ3n) is 2.46. The molecule has 0 heterocycles. The molecule has 1 aromatic carbocycles. The van der Waals surface area contributed by atoms with Crippen LogP contribution in [0.4, 0.5) is 11.4 Å². The van der Waals surface area contributed by atoms with Crippen molar-refractivity contribution in [2.75, 3.05) is 11.1 Å². The number of halogens is 1. The molecular formula is C10H13ClN2. The largest absolute Gasteiger partial charge is 0.397 e. The van der Waals surface area contributed by atoms with E-state index in [0.717, 1.165) is 17.3 Å². The van der Waals surface area contributed by atoms with Crippen LogP contribution in [0.1, 0.15) is 13.3 Å². The summed E-state index contributed by atoms with van der Waals surface area (Å²) < 4.78 is 0. The van der Waals surface area contributed by atoms with E-state index in [1.807, 2.05) is 12.1 Å². The van der Waals surface area contributed by atoms with Crippen LogP contribution in [0.15, 0.2) is 18.2 Å². The van der Waals surface area contributed by atoms with Crippen LogP contribution in [0, 0.1) is 5.92 Å². The molecule has 1 aromatic rings. The molecular weight excluding hydrogens is 184 g/mol. The van der Waals surface area contributed by atoms with Crippen molar-refractivity contribution in [2.24, 2.45) is 5.92 Å². The van der Waals surface area contributed by atoms with Crippen LogP contribution in [0.5, 0.6) is 0 Å². The molecule has 2 unspecified atom stereocenters. The minimum absolute atomic E-state index is 0.600. The van der Waals surface area contributed by atoms with Gasteiger partial charge in [-0.25, -0.2) is 0 Å². The lowest BCUT2D eigenvalue weighted by molar-refractivity contribution is 0.930. The zero-order valence-electron chi connectivity index (χ0n) is 7.55. The van der Waals surface area contributed by atoms with Gasteiger partial charge in [0.1, 0.15) is 0 Å². The SMILES string of the molecule is CC1CC1Nc1ccc(Cl)cc1N. The maximum absolute atomic E-state index is 5.80. The summed E-state index contributed by atoms with van der Waals surface area (Å²) in [4.78, 5) is 0. The van der Waals surface area contributed by atoms with Gasteiger partial charge in [-0.15, -0.1) is 0 Å². The lowest BCUT2D eigenvalue weighted by atomic mass is 10.2. The minimum atomic E-state index is 0.600. The van der Waals surface area contributed by atoms with Crippen LogP contribution in [0.3, 0.4) is 0 Å². The Bertz CT molecular complexity index is 325. The van der Waals surface area contributed by atoms with E-state index in [0.29, 0.717) is 11.1 Å². The van der Waals surface area contributed by atoms with Crippen molar-refractivity contribution in [1.82, 2.24) is 0 Å². The molecule has 0 radical (unpaired) electrons. The van der Waals surface area contributed by atoms with E-state index in [1.165, 1.54) is 6.42 Å². The lowest BCUT2D eigenvalue weighted by Crippen LogP contribution is -2.05. The van der Waals surface area contributed by atoms with Crippen molar-refractivity contribution in [3.05, 3.63) is 23.2 Å². The van der Waals surface area contributed by atoms with Crippen LogP contribution < -0.4 is 11.1 Å². The first kappa shape index (κ1) is 8.70. The quantitative estimate of drug-likeness (QED) is 0.714. The van der Waals surface area contributed by atoms with E-state index in [2.05, 4.69) is 12.2 Å². The number of nitrogens with two attached hydrogens (primary N) is 1. The Morgan fingerprint density at radius 1 is 1.54 bits per heavy atom. The van der Waals surface area contributed by atoms with Crippen molar-refractivity contribution in [1.29, 1.82) is 0 Å². The predicted octanol–water partition coefficient (Wildman–Crippen LogP) is 2.74. The molecule has 0 aliphatic heterocycles. The number of rotatable bonds is 2. The number of nitrogens with one attached hydrogen (secondary N) is 1. The average Bonchev–Trinajstić information content (AvgIpc) is 2.73. The monoisotopic (exact) mass is 196 g/mol. The number of anilines is 2. The summed E-state index contributed by atoms with van der Waals surface area (Å²) in [5.41, 5.74) is 7.52. The van der Waals surface area contributed by atoms with E-state index in [4.69, 9.17) is 17.3 Å². The molecule has 1 fully saturated rings. The molecule has 2 atom stereocenters. The fraction of sp³-hybridized carbons (Fsp3) is 0.400. The van der Waals surface area contributed by atoms with Crippen LogP contribution in [-0.2, 0) is 0 Å². The van der Waals surface area contributed by atoms with Gasteiger partial charge in [-0.2, -0.15) is 0 Å². The van der Waals surface area contributed by atoms with E-state index in [1.54, 1.807) is 6.07 Å².